The van der Waals surface area contributed by atoms with Crippen LogP contribution in [0.2, 0.25) is 0 Å². The van der Waals surface area contributed by atoms with E-state index in [1.165, 1.54) is 11.3 Å². The van der Waals surface area contributed by atoms with E-state index in [0.717, 1.165) is 55.6 Å². The predicted octanol–water partition coefficient (Wildman–Crippen LogP) is 3.86. The fourth-order valence-corrected chi connectivity index (χ4v) is 5.82. The number of ether oxygens (including phenoxy) is 1. The van der Waals surface area contributed by atoms with Crippen LogP contribution >= 0.6 is 11.3 Å². The fraction of sp³-hybridized carbons (Fsp3) is 0.321. The third kappa shape index (κ3) is 5.52. The second-order valence-electron chi connectivity index (χ2n) is 10.0. The number of rotatable bonds is 8. The highest BCUT2D eigenvalue weighted by Crippen LogP contribution is 2.43. The summed E-state index contributed by atoms with van der Waals surface area (Å²) in [6.45, 7) is 3.90. The zero-order valence-corrected chi connectivity index (χ0v) is 21.9. The van der Waals surface area contributed by atoms with Crippen molar-refractivity contribution in [2.75, 3.05) is 51.7 Å². The molecule has 192 valence electrons. The lowest BCUT2D eigenvalue weighted by Gasteiger charge is -2.47. The van der Waals surface area contributed by atoms with Crippen LogP contribution in [0.25, 0.3) is 11.3 Å². The number of anilines is 1. The normalized spacial score (nSPS) is 16.5. The first-order valence-corrected chi connectivity index (χ1v) is 13.1. The molecule has 2 aromatic carbocycles. The van der Waals surface area contributed by atoms with Crippen molar-refractivity contribution >= 4 is 28.3 Å². The molecule has 0 unspecified atom stereocenters. The minimum atomic E-state index is -0.484. The number of thiazole rings is 1. The summed E-state index contributed by atoms with van der Waals surface area (Å²) < 4.78 is 5.88. The number of amides is 2. The molecular formula is C28H31N5O3S. The van der Waals surface area contributed by atoms with Gasteiger partial charge in [0.15, 0.2) is 5.13 Å². The number of benzene rings is 2. The molecule has 1 spiro atoms. The molecule has 9 heteroatoms. The number of hydrogen-bond donors (Lipinski definition) is 1. The van der Waals surface area contributed by atoms with E-state index in [0.29, 0.717) is 16.3 Å². The number of nitrogens with two attached hydrogens (primary N) is 1. The summed E-state index contributed by atoms with van der Waals surface area (Å²) in [5.74, 6) is 1.04. The van der Waals surface area contributed by atoms with Gasteiger partial charge in [-0.25, -0.2) is 4.98 Å². The number of aromatic nitrogens is 1. The first kappa shape index (κ1) is 25.0. The average Bonchev–Trinajstić information content (AvgIpc) is 3.50. The van der Waals surface area contributed by atoms with Crippen LogP contribution in [0.5, 0.6) is 11.5 Å². The number of para-hydroxylation sites is 1. The topological polar surface area (TPSA) is 92.0 Å². The lowest BCUT2D eigenvalue weighted by Crippen LogP contribution is -2.59. The van der Waals surface area contributed by atoms with Crippen LogP contribution < -0.4 is 15.4 Å². The zero-order valence-electron chi connectivity index (χ0n) is 21.1. The van der Waals surface area contributed by atoms with Gasteiger partial charge in [0.05, 0.1) is 5.69 Å². The highest BCUT2D eigenvalue weighted by molar-refractivity contribution is 7.18. The van der Waals surface area contributed by atoms with E-state index in [4.69, 9.17) is 15.5 Å². The number of primary amides is 1. The van der Waals surface area contributed by atoms with Gasteiger partial charge in [-0.05, 0) is 56.9 Å². The van der Waals surface area contributed by atoms with E-state index >= 15 is 0 Å². The predicted molar refractivity (Wildman–Crippen MR) is 146 cm³/mol. The van der Waals surface area contributed by atoms with Crippen molar-refractivity contribution in [3.63, 3.8) is 0 Å². The molecule has 0 radical (unpaired) electrons. The van der Waals surface area contributed by atoms with Gasteiger partial charge in [0.1, 0.15) is 16.4 Å². The maximum absolute atomic E-state index is 12.4. The van der Waals surface area contributed by atoms with Gasteiger partial charge in [0.25, 0.3) is 5.91 Å². The van der Waals surface area contributed by atoms with Crippen LogP contribution in [0.4, 0.5) is 5.13 Å². The Labute approximate surface area is 221 Å². The summed E-state index contributed by atoms with van der Waals surface area (Å²) in [5.41, 5.74) is 7.22. The minimum absolute atomic E-state index is 0.0677. The summed E-state index contributed by atoms with van der Waals surface area (Å²) in [4.78, 5) is 36.1. The smallest absolute Gasteiger partial charge is 0.261 e. The van der Waals surface area contributed by atoms with Gasteiger partial charge >= 0.3 is 0 Å². The van der Waals surface area contributed by atoms with Gasteiger partial charge in [-0.1, -0.05) is 35.6 Å². The molecule has 2 N–H and O–H groups in total. The van der Waals surface area contributed by atoms with Gasteiger partial charge in [-0.15, -0.1) is 0 Å². The van der Waals surface area contributed by atoms with E-state index in [1.54, 1.807) is 6.08 Å². The Bertz CT molecular complexity index is 1300. The Balaban J connectivity index is 1.26. The molecular weight excluding hydrogens is 486 g/mol. The van der Waals surface area contributed by atoms with Crippen molar-refractivity contribution in [1.29, 1.82) is 0 Å². The highest BCUT2D eigenvalue weighted by Gasteiger charge is 2.49. The highest BCUT2D eigenvalue weighted by atomic mass is 32.1. The van der Waals surface area contributed by atoms with Crippen molar-refractivity contribution in [3.05, 3.63) is 71.6 Å². The molecule has 37 heavy (non-hydrogen) atoms. The van der Waals surface area contributed by atoms with E-state index in [-0.39, 0.29) is 11.3 Å². The van der Waals surface area contributed by atoms with Gasteiger partial charge in [-0.3, -0.25) is 9.59 Å². The SMILES string of the molecule is CN(C)CC=CC(=O)N1CC2(CCN(c3nc(-c4ccc(Oc5ccccc5)cc4)c(C(N)=O)s3)C2)C1. The third-order valence-electron chi connectivity index (χ3n) is 6.75. The molecule has 2 aliphatic heterocycles. The Morgan fingerprint density at radius 2 is 1.78 bits per heavy atom. The van der Waals surface area contributed by atoms with Crippen molar-refractivity contribution in [2.45, 2.75) is 6.42 Å². The number of likely N-dealkylation sites (tertiary alicyclic amines) is 1. The number of likely N-dealkylation sites (N-methyl/N-ethyl adjacent to an activating group) is 1. The average molecular weight is 518 g/mol. The molecule has 2 amide bonds. The first-order valence-electron chi connectivity index (χ1n) is 12.3. The summed E-state index contributed by atoms with van der Waals surface area (Å²) in [7, 11) is 3.95. The van der Waals surface area contributed by atoms with E-state index in [1.807, 2.05) is 84.6 Å². The maximum Gasteiger partial charge on any atom is 0.261 e. The Hall–Kier alpha value is -3.69. The third-order valence-corrected chi connectivity index (χ3v) is 7.88. The van der Waals surface area contributed by atoms with Crippen LogP contribution in [0.3, 0.4) is 0 Å². The molecule has 2 aliphatic rings. The second kappa shape index (κ2) is 10.4. The molecule has 1 aromatic heterocycles. The quantitative estimate of drug-likeness (QED) is 0.456. The van der Waals surface area contributed by atoms with Crippen LogP contribution in [0.1, 0.15) is 16.1 Å². The molecule has 3 heterocycles. The molecule has 0 aliphatic carbocycles. The van der Waals surface area contributed by atoms with Gasteiger partial charge in [-0.2, -0.15) is 0 Å². The number of hydrogen-bond acceptors (Lipinski definition) is 7. The molecule has 2 saturated heterocycles. The van der Waals surface area contributed by atoms with Crippen molar-refractivity contribution in [1.82, 2.24) is 14.8 Å². The Kier molecular flexibility index (Phi) is 6.99. The largest absolute Gasteiger partial charge is 0.457 e. The lowest BCUT2D eigenvalue weighted by molar-refractivity contribution is -0.136. The number of carbonyl (C=O) groups is 2. The molecule has 0 bridgehead atoms. The number of carbonyl (C=O) groups excluding carboxylic acids is 2. The molecule has 3 aromatic rings. The van der Waals surface area contributed by atoms with E-state index in [2.05, 4.69) is 4.90 Å². The van der Waals surface area contributed by atoms with Crippen LogP contribution in [-0.4, -0.2) is 73.4 Å². The Morgan fingerprint density at radius 1 is 1.08 bits per heavy atom. The summed E-state index contributed by atoms with van der Waals surface area (Å²) in [5, 5.41) is 0.793. The number of nitrogens with zero attached hydrogens (tertiary/aromatic N) is 4. The summed E-state index contributed by atoms with van der Waals surface area (Å²) in [6.07, 6.45) is 4.56. The lowest BCUT2D eigenvalue weighted by atomic mass is 9.79. The molecule has 5 rings (SSSR count). The molecule has 0 atom stereocenters. The fourth-order valence-electron chi connectivity index (χ4n) is 4.86. The van der Waals surface area contributed by atoms with E-state index < -0.39 is 5.91 Å². The summed E-state index contributed by atoms with van der Waals surface area (Å²) >= 11 is 1.34. The maximum atomic E-state index is 12.4. The van der Waals surface area contributed by atoms with Crippen molar-refractivity contribution in [3.8, 4) is 22.8 Å². The van der Waals surface area contributed by atoms with Gasteiger partial charge in [0, 0.05) is 49.8 Å². The van der Waals surface area contributed by atoms with Crippen LogP contribution in [-0.2, 0) is 4.79 Å². The second-order valence-corrected chi connectivity index (χ2v) is 11.0. The van der Waals surface area contributed by atoms with Crippen LogP contribution in [0.15, 0.2) is 66.7 Å². The summed E-state index contributed by atoms with van der Waals surface area (Å²) in [6, 6.07) is 17.1. The van der Waals surface area contributed by atoms with Gasteiger partial charge in [0.2, 0.25) is 5.91 Å². The Morgan fingerprint density at radius 3 is 2.46 bits per heavy atom. The monoisotopic (exact) mass is 517 g/mol. The molecule has 8 nitrogen and oxygen atoms in total. The molecule has 0 saturated carbocycles. The van der Waals surface area contributed by atoms with Crippen molar-refractivity contribution in [2.24, 2.45) is 11.1 Å². The first-order chi connectivity index (χ1) is 17.8. The van der Waals surface area contributed by atoms with E-state index in [9.17, 15) is 9.59 Å². The standard InChI is InChI=1S/C28H31N5O3S/c1-31(2)15-6-9-23(34)33-18-28(19-33)14-16-32(17-28)27-30-24(25(37-27)26(29)35)20-10-12-22(13-11-20)36-21-7-4-3-5-8-21/h3-13H,14-19H2,1-2H3,(H2,29,35). The van der Waals surface area contributed by atoms with Gasteiger partial charge < -0.3 is 25.2 Å². The minimum Gasteiger partial charge on any atom is -0.457 e. The van der Waals surface area contributed by atoms with Crippen LogP contribution in [0, 0.1) is 5.41 Å². The zero-order chi connectivity index (χ0) is 26.0. The van der Waals surface area contributed by atoms with Crippen molar-refractivity contribution < 1.29 is 14.3 Å². The molecule has 2 fully saturated rings.